The minimum atomic E-state index is -0.796. The van der Waals surface area contributed by atoms with Crippen LogP contribution in [-0.2, 0) is 19.0 Å². The third-order valence-corrected chi connectivity index (χ3v) is 2.43. The first-order chi connectivity index (χ1) is 10.3. The highest BCUT2D eigenvalue weighted by Gasteiger charge is 2.21. The molecule has 22 heavy (non-hydrogen) atoms. The molecule has 0 aromatic heterocycles. The second-order valence-electron chi connectivity index (χ2n) is 5.52. The van der Waals surface area contributed by atoms with Crippen LogP contribution in [0.5, 0.6) is 0 Å². The van der Waals surface area contributed by atoms with E-state index in [2.05, 4.69) is 0 Å². The monoisotopic (exact) mass is 306 g/mol. The van der Waals surface area contributed by atoms with Gasteiger partial charge in [0.1, 0.15) is 11.7 Å². The van der Waals surface area contributed by atoms with Crippen molar-refractivity contribution in [3.63, 3.8) is 0 Å². The molecule has 0 fully saturated rings. The minimum Gasteiger partial charge on any atom is -0.463 e. The summed E-state index contributed by atoms with van der Waals surface area (Å²) in [5.74, 6) is -0.490. The third-order valence-electron chi connectivity index (χ3n) is 2.43. The molecule has 0 bridgehead atoms. The summed E-state index contributed by atoms with van der Waals surface area (Å²) in [6.07, 6.45) is 1.19. The van der Waals surface area contributed by atoms with Gasteiger partial charge in [0.25, 0.3) is 0 Å². The van der Waals surface area contributed by atoms with Crippen LogP contribution in [0.2, 0.25) is 0 Å². The number of carbonyl (C=O) groups excluding carboxylic acids is 2. The summed E-state index contributed by atoms with van der Waals surface area (Å²) in [6.45, 7) is 7.25. The average molecular weight is 306 g/mol. The van der Waals surface area contributed by atoms with E-state index in [-0.39, 0.29) is 6.61 Å². The summed E-state index contributed by atoms with van der Waals surface area (Å²) in [5, 5.41) is 0. The molecule has 120 valence electrons. The molecule has 0 radical (unpaired) electrons. The van der Waals surface area contributed by atoms with Gasteiger partial charge in [-0.1, -0.05) is 30.3 Å². The van der Waals surface area contributed by atoms with Crippen LogP contribution in [0.15, 0.2) is 42.5 Å². The standard InChI is InChI=1S/C17H22O5/c1-5-20-15(18)12-11-14(13-9-7-6-8-10-13)21-16(19)22-17(2,3)4/h6-12,14H,5H2,1-4H3/b12-11+. The number of hydrogen-bond donors (Lipinski definition) is 0. The SMILES string of the molecule is CCOC(=O)/C=C/C(OC(=O)OC(C)(C)C)c1ccccc1. The fraction of sp³-hybridized carbons (Fsp3) is 0.412. The zero-order chi connectivity index (χ0) is 16.6. The Kier molecular flexibility index (Phi) is 6.63. The molecule has 1 unspecified atom stereocenters. The maximum Gasteiger partial charge on any atom is 0.509 e. The van der Waals surface area contributed by atoms with Gasteiger partial charge in [-0.2, -0.15) is 0 Å². The van der Waals surface area contributed by atoms with Gasteiger partial charge in [-0.15, -0.1) is 0 Å². The Morgan fingerprint density at radius 1 is 1.18 bits per heavy atom. The average Bonchev–Trinajstić information content (AvgIpc) is 2.42. The number of ether oxygens (including phenoxy) is 3. The van der Waals surface area contributed by atoms with E-state index in [1.807, 2.05) is 18.2 Å². The molecule has 0 amide bonds. The van der Waals surface area contributed by atoms with E-state index in [1.54, 1.807) is 39.8 Å². The molecule has 0 N–H and O–H groups in total. The van der Waals surface area contributed by atoms with Crippen molar-refractivity contribution in [3.05, 3.63) is 48.0 Å². The summed E-state index contributed by atoms with van der Waals surface area (Å²) in [7, 11) is 0. The van der Waals surface area contributed by atoms with Crippen molar-refractivity contribution in [3.8, 4) is 0 Å². The first-order valence-electron chi connectivity index (χ1n) is 7.11. The van der Waals surface area contributed by atoms with Crippen molar-refractivity contribution < 1.29 is 23.8 Å². The molecule has 1 aromatic carbocycles. The van der Waals surface area contributed by atoms with Gasteiger partial charge in [0.05, 0.1) is 6.61 Å². The molecule has 0 saturated carbocycles. The normalized spacial score (nSPS) is 12.7. The van der Waals surface area contributed by atoms with Crippen molar-refractivity contribution >= 4 is 12.1 Å². The van der Waals surface area contributed by atoms with E-state index < -0.39 is 23.8 Å². The first-order valence-corrected chi connectivity index (χ1v) is 7.11. The molecule has 1 rings (SSSR count). The van der Waals surface area contributed by atoms with Crippen molar-refractivity contribution in [2.24, 2.45) is 0 Å². The van der Waals surface area contributed by atoms with E-state index in [0.717, 1.165) is 5.56 Å². The lowest BCUT2D eigenvalue weighted by atomic mass is 10.1. The topological polar surface area (TPSA) is 61.8 Å². The summed E-state index contributed by atoms with van der Waals surface area (Å²) >= 11 is 0. The molecule has 0 aliphatic heterocycles. The lowest BCUT2D eigenvalue weighted by Crippen LogP contribution is -2.25. The van der Waals surface area contributed by atoms with Crippen molar-refractivity contribution in [2.45, 2.75) is 39.4 Å². The van der Waals surface area contributed by atoms with Gasteiger partial charge in [0.15, 0.2) is 0 Å². The molecular weight excluding hydrogens is 284 g/mol. The Morgan fingerprint density at radius 2 is 1.82 bits per heavy atom. The summed E-state index contributed by atoms with van der Waals surface area (Å²) in [5.41, 5.74) is 0.0808. The van der Waals surface area contributed by atoms with Gasteiger partial charge in [-0.05, 0) is 39.3 Å². The summed E-state index contributed by atoms with van der Waals surface area (Å²) < 4.78 is 15.2. The van der Waals surface area contributed by atoms with E-state index in [0.29, 0.717) is 0 Å². The Labute approximate surface area is 130 Å². The maximum absolute atomic E-state index is 11.8. The zero-order valence-electron chi connectivity index (χ0n) is 13.4. The number of carbonyl (C=O) groups is 2. The molecular formula is C17H22O5. The zero-order valence-corrected chi connectivity index (χ0v) is 13.4. The number of benzene rings is 1. The number of hydrogen-bond acceptors (Lipinski definition) is 5. The molecule has 0 heterocycles. The van der Waals surface area contributed by atoms with Crippen LogP contribution in [-0.4, -0.2) is 24.3 Å². The lowest BCUT2D eigenvalue weighted by Gasteiger charge is -2.21. The Bertz CT molecular complexity index is 514. The van der Waals surface area contributed by atoms with Gasteiger partial charge >= 0.3 is 12.1 Å². The smallest absolute Gasteiger partial charge is 0.463 e. The summed E-state index contributed by atoms with van der Waals surface area (Å²) in [6, 6.07) is 9.08. The second-order valence-corrected chi connectivity index (χ2v) is 5.52. The van der Waals surface area contributed by atoms with Gasteiger partial charge < -0.3 is 14.2 Å². The second kappa shape index (κ2) is 8.22. The Hall–Kier alpha value is -2.30. The minimum absolute atomic E-state index is 0.284. The number of rotatable bonds is 5. The quantitative estimate of drug-likeness (QED) is 0.611. The molecule has 0 spiro atoms. The third kappa shape index (κ3) is 6.92. The van der Waals surface area contributed by atoms with Crippen LogP contribution in [0, 0.1) is 0 Å². The highest BCUT2D eigenvalue weighted by atomic mass is 16.7. The van der Waals surface area contributed by atoms with Crippen molar-refractivity contribution in [1.29, 1.82) is 0 Å². The van der Waals surface area contributed by atoms with E-state index in [9.17, 15) is 9.59 Å². The van der Waals surface area contributed by atoms with Crippen LogP contribution >= 0.6 is 0 Å². The highest BCUT2D eigenvalue weighted by Crippen LogP contribution is 2.21. The lowest BCUT2D eigenvalue weighted by molar-refractivity contribution is -0.137. The molecule has 5 heteroatoms. The molecule has 5 nitrogen and oxygen atoms in total. The Morgan fingerprint density at radius 3 is 2.36 bits per heavy atom. The van der Waals surface area contributed by atoms with Gasteiger partial charge in [0.2, 0.25) is 0 Å². The van der Waals surface area contributed by atoms with Gasteiger partial charge in [0, 0.05) is 6.08 Å². The van der Waals surface area contributed by atoms with Crippen LogP contribution in [0.3, 0.4) is 0 Å². The fourth-order valence-corrected chi connectivity index (χ4v) is 1.60. The van der Waals surface area contributed by atoms with E-state index in [1.165, 1.54) is 12.2 Å². The molecule has 0 saturated heterocycles. The van der Waals surface area contributed by atoms with Gasteiger partial charge in [-0.3, -0.25) is 0 Å². The van der Waals surface area contributed by atoms with E-state index >= 15 is 0 Å². The first kappa shape index (κ1) is 17.8. The van der Waals surface area contributed by atoms with E-state index in [4.69, 9.17) is 14.2 Å². The Balaban J connectivity index is 2.84. The maximum atomic E-state index is 11.8. The molecule has 0 aliphatic carbocycles. The molecule has 1 atom stereocenters. The fourth-order valence-electron chi connectivity index (χ4n) is 1.60. The molecule has 1 aromatic rings. The summed E-state index contributed by atoms with van der Waals surface area (Å²) in [4.78, 5) is 23.2. The van der Waals surface area contributed by atoms with Crippen molar-refractivity contribution in [1.82, 2.24) is 0 Å². The van der Waals surface area contributed by atoms with Crippen LogP contribution in [0.4, 0.5) is 4.79 Å². The van der Waals surface area contributed by atoms with Gasteiger partial charge in [-0.25, -0.2) is 9.59 Å². The van der Waals surface area contributed by atoms with Crippen molar-refractivity contribution in [2.75, 3.05) is 6.61 Å². The molecule has 0 aliphatic rings. The predicted molar refractivity (Wildman–Crippen MR) is 82.3 cm³/mol. The highest BCUT2D eigenvalue weighted by molar-refractivity contribution is 5.82. The number of esters is 1. The predicted octanol–water partition coefficient (Wildman–Crippen LogP) is 3.80. The van der Waals surface area contributed by atoms with Crippen LogP contribution < -0.4 is 0 Å². The largest absolute Gasteiger partial charge is 0.509 e. The van der Waals surface area contributed by atoms with Crippen LogP contribution in [0.25, 0.3) is 0 Å². The van der Waals surface area contributed by atoms with Crippen LogP contribution in [0.1, 0.15) is 39.4 Å².